The summed E-state index contributed by atoms with van der Waals surface area (Å²) in [6.45, 7) is 6.47. The number of aryl methyl sites for hydroxylation is 1. The molecular formula is C34H39F3N4O2. The molecule has 43 heavy (non-hydrogen) atoms. The standard InChI is InChI=1S/C34H39F3N4O2/c1-4-23-18-22(10-11-25(23)30(43)9-7-6-8-29(42)24-12-14-33(3,5-2)20-24)19-27-32-40-21-28(41(32)17-16-38-27)26-13-15-39-31(26)34(35,36)37/h10-11,13,16-18,21,24H,4-9,12,14-15,19-20H2,1-3H3/t24-,33-/m0/s1. The molecule has 3 aromatic rings. The van der Waals surface area contributed by atoms with Crippen LogP contribution in [0.25, 0.3) is 11.2 Å². The Hall–Kier alpha value is -3.62. The number of nitrogens with zero attached hydrogens (tertiary/aromatic N) is 4. The number of imidazole rings is 1. The number of aliphatic imine (C=N–C) groups is 1. The topological polar surface area (TPSA) is 76.7 Å². The Labute approximate surface area is 250 Å². The summed E-state index contributed by atoms with van der Waals surface area (Å²) in [5.41, 5.74) is 3.46. The van der Waals surface area contributed by atoms with Crippen molar-refractivity contribution < 1.29 is 22.8 Å². The van der Waals surface area contributed by atoms with E-state index in [-0.39, 0.29) is 23.8 Å². The second-order valence-electron chi connectivity index (χ2n) is 12.2. The van der Waals surface area contributed by atoms with Gasteiger partial charge in [-0.25, -0.2) is 4.98 Å². The van der Waals surface area contributed by atoms with Crippen molar-refractivity contribution in [3.63, 3.8) is 0 Å². The summed E-state index contributed by atoms with van der Waals surface area (Å²) in [4.78, 5) is 38.4. The van der Waals surface area contributed by atoms with Crippen molar-refractivity contribution in [2.45, 2.75) is 91.2 Å². The third kappa shape index (κ3) is 6.65. The molecule has 228 valence electrons. The van der Waals surface area contributed by atoms with Crippen LogP contribution in [-0.4, -0.2) is 44.4 Å². The molecule has 9 heteroatoms. The van der Waals surface area contributed by atoms with Gasteiger partial charge < -0.3 is 0 Å². The van der Waals surface area contributed by atoms with Gasteiger partial charge in [-0.3, -0.25) is 24.0 Å². The molecule has 1 fully saturated rings. The van der Waals surface area contributed by atoms with Crippen LogP contribution in [0.4, 0.5) is 13.2 Å². The van der Waals surface area contributed by atoms with Crippen molar-refractivity contribution >= 4 is 28.5 Å². The van der Waals surface area contributed by atoms with Gasteiger partial charge in [0.1, 0.15) is 11.5 Å². The van der Waals surface area contributed by atoms with Gasteiger partial charge in [-0.05, 0) is 55.1 Å². The number of hydrogen-bond acceptors (Lipinski definition) is 5. The zero-order valence-electron chi connectivity index (χ0n) is 25.1. The number of fused-ring (bicyclic) bond motifs is 1. The third-order valence-electron chi connectivity index (χ3n) is 9.29. The number of Topliss-reactive ketones (excluding diaryl/α,β-unsaturated/α-hetero) is 2. The SMILES string of the molecule is CCc1cc(Cc2nccn3c(C4=CCN=C4C(F)(F)F)cnc23)ccc1C(=O)CCCCC(=O)[C@H]1CC[C@](C)(CC)C1. The zero-order valence-corrected chi connectivity index (χ0v) is 25.1. The molecule has 0 bridgehead atoms. The van der Waals surface area contributed by atoms with Crippen LogP contribution in [0, 0.1) is 11.3 Å². The molecule has 0 saturated heterocycles. The fourth-order valence-electron chi connectivity index (χ4n) is 6.53. The molecule has 1 saturated carbocycles. The summed E-state index contributed by atoms with van der Waals surface area (Å²) in [7, 11) is 0. The Kier molecular flexibility index (Phi) is 8.99. The minimum Gasteiger partial charge on any atom is -0.299 e. The van der Waals surface area contributed by atoms with Crippen LogP contribution < -0.4 is 0 Å². The molecule has 0 radical (unpaired) electrons. The second-order valence-corrected chi connectivity index (χ2v) is 12.2. The van der Waals surface area contributed by atoms with Crippen molar-refractivity contribution in [3.8, 4) is 0 Å². The lowest BCUT2D eigenvalue weighted by Gasteiger charge is -2.21. The minimum atomic E-state index is -4.54. The van der Waals surface area contributed by atoms with E-state index in [1.54, 1.807) is 16.8 Å². The summed E-state index contributed by atoms with van der Waals surface area (Å²) in [6, 6.07) is 5.77. The average Bonchev–Trinajstić information content (AvgIpc) is 3.74. The molecule has 0 unspecified atom stereocenters. The maximum absolute atomic E-state index is 13.5. The van der Waals surface area contributed by atoms with Crippen molar-refractivity contribution in [2.24, 2.45) is 16.3 Å². The number of carbonyl (C=O) groups excluding carboxylic acids is 2. The Morgan fingerprint density at radius 3 is 2.63 bits per heavy atom. The maximum Gasteiger partial charge on any atom is 0.433 e. The van der Waals surface area contributed by atoms with E-state index in [0.29, 0.717) is 65.9 Å². The predicted molar refractivity (Wildman–Crippen MR) is 161 cm³/mol. The Morgan fingerprint density at radius 1 is 1.12 bits per heavy atom. The highest BCUT2D eigenvalue weighted by Crippen LogP contribution is 2.44. The van der Waals surface area contributed by atoms with Gasteiger partial charge in [0.15, 0.2) is 11.4 Å². The van der Waals surface area contributed by atoms with Crippen molar-refractivity contribution in [3.05, 3.63) is 70.9 Å². The van der Waals surface area contributed by atoms with Gasteiger partial charge in [-0.1, -0.05) is 51.5 Å². The fraction of sp³-hybridized carbons (Fsp3) is 0.500. The minimum absolute atomic E-state index is 0.0165. The first-order chi connectivity index (χ1) is 20.5. The molecule has 2 aliphatic rings. The predicted octanol–water partition coefficient (Wildman–Crippen LogP) is 7.81. The normalized spacial score (nSPS) is 20.5. The van der Waals surface area contributed by atoms with Crippen molar-refractivity contribution in [1.82, 2.24) is 14.4 Å². The molecule has 5 rings (SSSR count). The molecule has 0 spiro atoms. The number of unbranched alkanes of at least 4 members (excludes halogenated alkanes) is 1. The number of carbonyl (C=O) groups is 2. The largest absolute Gasteiger partial charge is 0.433 e. The number of halogens is 3. The molecule has 2 atom stereocenters. The van der Waals surface area contributed by atoms with Crippen LogP contribution in [0.5, 0.6) is 0 Å². The van der Waals surface area contributed by atoms with Crippen molar-refractivity contribution in [2.75, 3.05) is 6.54 Å². The van der Waals surface area contributed by atoms with E-state index in [1.165, 1.54) is 12.3 Å². The highest BCUT2D eigenvalue weighted by molar-refractivity contribution is 6.27. The lowest BCUT2D eigenvalue weighted by Crippen LogP contribution is -2.23. The van der Waals surface area contributed by atoms with E-state index in [9.17, 15) is 22.8 Å². The quantitative estimate of drug-likeness (QED) is 0.159. The number of alkyl halides is 3. The summed E-state index contributed by atoms with van der Waals surface area (Å²) in [6.07, 6.45) is 9.23. The summed E-state index contributed by atoms with van der Waals surface area (Å²) in [5, 5.41) is 0. The molecule has 3 heterocycles. The maximum atomic E-state index is 13.5. The lowest BCUT2D eigenvalue weighted by molar-refractivity contribution is -0.123. The van der Waals surface area contributed by atoms with Gasteiger partial charge in [-0.2, -0.15) is 13.2 Å². The Morgan fingerprint density at radius 2 is 1.91 bits per heavy atom. The number of aromatic nitrogens is 3. The molecule has 1 aliphatic heterocycles. The van der Waals surface area contributed by atoms with Crippen LogP contribution >= 0.6 is 0 Å². The fourth-order valence-corrected chi connectivity index (χ4v) is 6.53. The first-order valence-corrected chi connectivity index (χ1v) is 15.3. The van der Waals surface area contributed by atoms with Crippen LogP contribution in [0.1, 0.15) is 105 Å². The van der Waals surface area contributed by atoms with E-state index in [0.717, 1.165) is 43.2 Å². The molecule has 6 nitrogen and oxygen atoms in total. The Balaban J connectivity index is 1.22. The number of benzene rings is 1. The van der Waals surface area contributed by atoms with Crippen molar-refractivity contribution in [1.29, 1.82) is 0 Å². The molecule has 0 N–H and O–H groups in total. The van der Waals surface area contributed by atoms with Gasteiger partial charge in [0.05, 0.1) is 24.1 Å². The number of rotatable bonds is 12. The third-order valence-corrected chi connectivity index (χ3v) is 9.29. The molecule has 1 aromatic carbocycles. The van der Waals surface area contributed by atoms with Gasteiger partial charge in [-0.15, -0.1) is 0 Å². The Bertz CT molecular complexity index is 1590. The molecule has 2 aromatic heterocycles. The summed E-state index contributed by atoms with van der Waals surface area (Å²) in [5.74, 6) is 0.616. The van der Waals surface area contributed by atoms with Gasteiger partial charge in [0, 0.05) is 48.7 Å². The highest BCUT2D eigenvalue weighted by atomic mass is 19.4. The monoisotopic (exact) mass is 592 g/mol. The molecular weight excluding hydrogens is 553 g/mol. The van der Waals surface area contributed by atoms with E-state index >= 15 is 0 Å². The van der Waals surface area contributed by atoms with Crippen LogP contribution in [-0.2, 0) is 17.6 Å². The lowest BCUT2D eigenvalue weighted by atomic mass is 9.84. The van der Waals surface area contributed by atoms with Crippen LogP contribution in [0.15, 0.2) is 47.9 Å². The van der Waals surface area contributed by atoms with E-state index in [2.05, 4.69) is 28.8 Å². The molecule has 0 amide bonds. The summed E-state index contributed by atoms with van der Waals surface area (Å²) < 4.78 is 42.1. The number of allylic oxidation sites excluding steroid dienone is 1. The van der Waals surface area contributed by atoms with E-state index in [4.69, 9.17) is 0 Å². The first-order valence-electron chi connectivity index (χ1n) is 15.3. The van der Waals surface area contributed by atoms with Gasteiger partial charge in [0.2, 0.25) is 0 Å². The number of ketones is 2. The van der Waals surface area contributed by atoms with Crippen LogP contribution in [0.2, 0.25) is 0 Å². The van der Waals surface area contributed by atoms with Gasteiger partial charge >= 0.3 is 6.18 Å². The zero-order chi connectivity index (χ0) is 30.8. The van der Waals surface area contributed by atoms with Gasteiger partial charge in [0.25, 0.3) is 0 Å². The van der Waals surface area contributed by atoms with E-state index < -0.39 is 11.9 Å². The number of hydrogen-bond donors (Lipinski definition) is 0. The smallest absolute Gasteiger partial charge is 0.299 e. The molecule has 1 aliphatic carbocycles. The highest BCUT2D eigenvalue weighted by Gasteiger charge is 2.40. The van der Waals surface area contributed by atoms with Crippen LogP contribution in [0.3, 0.4) is 0 Å². The average molecular weight is 593 g/mol. The van der Waals surface area contributed by atoms with E-state index in [1.807, 2.05) is 25.1 Å². The second kappa shape index (κ2) is 12.5. The summed E-state index contributed by atoms with van der Waals surface area (Å²) >= 11 is 0. The first kappa shape index (κ1) is 30.8.